The monoisotopic (exact) mass is 292 g/mol. The van der Waals surface area contributed by atoms with Crippen LogP contribution in [0.25, 0.3) is 0 Å². The zero-order chi connectivity index (χ0) is 15.2. The number of hydrogen-bond donors (Lipinski definition) is 3. The van der Waals surface area contributed by atoms with E-state index in [4.69, 9.17) is 10.8 Å². The lowest BCUT2D eigenvalue weighted by Crippen LogP contribution is -2.50. The van der Waals surface area contributed by atoms with E-state index < -0.39 is 42.4 Å². The SMILES string of the molecule is CC(=O)N(C(C)=O)[C@@H](COC(=O)[C@@H](N)CS)C(=O)O. The number of nitrogens with zero attached hydrogens (tertiary/aromatic N) is 1. The molecule has 2 atom stereocenters. The number of amides is 2. The van der Waals surface area contributed by atoms with Crippen molar-refractivity contribution in [2.75, 3.05) is 12.4 Å². The maximum atomic E-state index is 11.3. The Labute approximate surface area is 115 Å². The van der Waals surface area contributed by atoms with Crippen LogP contribution in [0.2, 0.25) is 0 Å². The molecule has 0 saturated heterocycles. The predicted molar refractivity (Wildman–Crippen MR) is 67.4 cm³/mol. The van der Waals surface area contributed by atoms with Crippen molar-refractivity contribution in [3.63, 3.8) is 0 Å². The average Bonchev–Trinajstić information content (AvgIpc) is 2.31. The van der Waals surface area contributed by atoms with Crippen molar-refractivity contribution in [2.24, 2.45) is 5.73 Å². The highest BCUT2D eigenvalue weighted by molar-refractivity contribution is 7.80. The van der Waals surface area contributed by atoms with E-state index in [-0.39, 0.29) is 5.75 Å². The number of carbonyl (C=O) groups excluding carboxylic acids is 3. The molecule has 0 aliphatic carbocycles. The Hall–Kier alpha value is -1.61. The maximum absolute atomic E-state index is 11.3. The molecule has 3 N–H and O–H groups in total. The van der Waals surface area contributed by atoms with Crippen LogP contribution in [-0.2, 0) is 23.9 Å². The normalized spacial score (nSPS) is 13.3. The molecule has 19 heavy (non-hydrogen) atoms. The van der Waals surface area contributed by atoms with E-state index in [1.807, 2.05) is 0 Å². The summed E-state index contributed by atoms with van der Waals surface area (Å²) >= 11 is 3.79. The van der Waals surface area contributed by atoms with E-state index in [1.54, 1.807) is 0 Å². The van der Waals surface area contributed by atoms with E-state index in [2.05, 4.69) is 17.4 Å². The number of carbonyl (C=O) groups is 4. The Bertz CT molecular complexity index is 372. The summed E-state index contributed by atoms with van der Waals surface area (Å²) in [5.74, 6) is -3.80. The molecule has 0 aromatic carbocycles. The van der Waals surface area contributed by atoms with Gasteiger partial charge in [-0.2, -0.15) is 12.6 Å². The van der Waals surface area contributed by atoms with Crippen LogP contribution in [0.5, 0.6) is 0 Å². The third-order valence-electron chi connectivity index (χ3n) is 2.16. The molecule has 0 radical (unpaired) electrons. The van der Waals surface area contributed by atoms with E-state index in [1.165, 1.54) is 0 Å². The van der Waals surface area contributed by atoms with Gasteiger partial charge >= 0.3 is 11.9 Å². The van der Waals surface area contributed by atoms with Gasteiger partial charge in [-0.15, -0.1) is 0 Å². The number of hydrogen-bond acceptors (Lipinski definition) is 7. The number of rotatable bonds is 6. The van der Waals surface area contributed by atoms with Gasteiger partial charge in [0.1, 0.15) is 12.6 Å². The molecule has 108 valence electrons. The van der Waals surface area contributed by atoms with Crippen LogP contribution in [0.15, 0.2) is 0 Å². The number of carboxylic acid groups (broad SMARTS) is 1. The largest absolute Gasteiger partial charge is 0.480 e. The van der Waals surface area contributed by atoms with Crippen LogP contribution >= 0.6 is 12.6 Å². The lowest BCUT2D eigenvalue weighted by Gasteiger charge is -2.24. The number of carboxylic acids is 1. The van der Waals surface area contributed by atoms with Crippen molar-refractivity contribution in [1.29, 1.82) is 0 Å². The Morgan fingerprint density at radius 2 is 1.74 bits per heavy atom. The quantitative estimate of drug-likeness (QED) is 0.407. The van der Waals surface area contributed by atoms with Crippen LogP contribution in [-0.4, -0.2) is 58.2 Å². The van der Waals surface area contributed by atoms with Gasteiger partial charge in [0.15, 0.2) is 6.04 Å². The molecule has 0 aliphatic rings. The number of imide groups is 1. The van der Waals surface area contributed by atoms with Gasteiger partial charge in [-0.3, -0.25) is 19.3 Å². The summed E-state index contributed by atoms with van der Waals surface area (Å²) in [6.45, 7) is 1.42. The first-order chi connectivity index (χ1) is 8.72. The van der Waals surface area contributed by atoms with Crippen LogP contribution in [0.3, 0.4) is 0 Å². The molecular weight excluding hydrogens is 276 g/mol. The van der Waals surface area contributed by atoms with Crippen LogP contribution in [0.1, 0.15) is 13.8 Å². The lowest BCUT2D eigenvalue weighted by atomic mass is 10.2. The lowest BCUT2D eigenvalue weighted by molar-refractivity contribution is -0.162. The molecule has 0 aliphatic heterocycles. The summed E-state index contributed by atoms with van der Waals surface area (Å²) < 4.78 is 4.66. The third kappa shape index (κ3) is 5.26. The predicted octanol–water partition coefficient (Wildman–Crippen LogP) is -1.37. The van der Waals surface area contributed by atoms with Gasteiger partial charge in [0.2, 0.25) is 11.8 Å². The molecule has 9 heteroatoms. The van der Waals surface area contributed by atoms with Crippen LogP contribution < -0.4 is 5.73 Å². The molecule has 0 aromatic rings. The molecule has 0 spiro atoms. The molecule has 2 amide bonds. The fourth-order valence-corrected chi connectivity index (χ4v) is 1.41. The topological polar surface area (TPSA) is 127 Å². The first-order valence-electron chi connectivity index (χ1n) is 5.28. The fourth-order valence-electron chi connectivity index (χ4n) is 1.26. The van der Waals surface area contributed by atoms with Crippen LogP contribution in [0, 0.1) is 0 Å². The summed E-state index contributed by atoms with van der Waals surface area (Å²) in [7, 11) is 0. The van der Waals surface area contributed by atoms with E-state index in [9.17, 15) is 19.2 Å². The molecule has 8 nitrogen and oxygen atoms in total. The minimum absolute atomic E-state index is 0.0275. The van der Waals surface area contributed by atoms with E-state index in [0.717, 1.165) is 13.8 Å². The molecule has 0 saturated carbocycles. The Kier molecular flexibility index (Phi) is 7.09. The van der Waals surface area contributed by atoms with Crippen LogP contribution in [0.4, 0.5) is 0 Å². The van der Waals surface area contributed by atoms with Crippen molar-refractivity contribution in [2.45, 2.75) is 25.9 Å². The molecule has 0 bridgehead atoms. The minimum atomic E-state index is -1.58. The van der Waals surface area contributed by atoms with Gasteiger partial charge in [0, 0.05) is 19.6 Å². The van der Waals surface area contributed by atoms with Gasteiger partial charge < -0.3 is 15.6 Å². The molecule has 0 unspecified atom stereocenters. The second-order valence-electron chi connectivity index (χ2n) is 3.68. The Morgan fingerprint density at radius 1 is 1.26 bits per heavy atom. The van der Waals surface area contributed by atoms with E-state index >= 15 is 0 Å². The van der Waals surface area contributed by atoms with Gasteiger partial charge in [-0.05, 0) is 0 Å². The number of aliphatic carboxylic acids is 1. The molecule has 0 aromatic heterocycles. The number of nitrogens with two attached hydrogens (primary N) is 1. The highest BCUT2D eigenvalue weighted by Crippen LogP contribution is 2.04. The fraction of sp³-hybridized carbons (Fsp3) is 0.600. The summed E-state index contributed by atoms with van der Waals surface area (Å²) in [6, 6.07) is -2.58. The minimum Gasteiger partial charge on any atom is -0.480 e. The summed E-state index contributed by atoms with van der Waals surface area (Å²) in [5.41, 5.74) is 5.33. The number of thiol groups is 1. The third-order valence-corrected chi connectivity index (χ3v) is 2.55. The summed E-state index contributed by atoms with van der Waals surface area (Å²) in [4.78, 5) is 45.3. The summed E-state index contributed by atoms with van der Waals surface area (Å²) in [5, 5.41) is 8.97. The first kappa shape index (κ1) is 17.4. The van der Waals surface area contributed by atoms with Gasteiger partial charge in [-0.25, -0.2) is 4.79 Å². The zero-order valence-corrected chi connectivity index (χ0v) is 11.4. The van der Waals surface area contributed by atoms with Gasteiger partial charge in [-0.1, -0.05) is 0 Å². The number of esters is 1. The Morgan fingerprint density at radius 3 is 2.05 bits per heavy atom. The van der Waals surface area contributed by atoms with Crippen molar-refractivity contribution >= 4 is 36.4 Å². The Balaban J connectivity index is 4.84. The molecule has 0 fully saturated rings. The number of ether oxygens (including phenoxy) is 1. The first-order valence-corrected chi connectivity index (χ1v) is 5.91. The second kappa shape index (κ2) is 7.74. The van der Waals surface area contributed by atoms with Crippen molar-refractivity contribution in [1.82, 2.24) is 4.90 Å². The van der Waals surface area contributed by atoms with Gasteiger partial charge in [0.05, 0.1) is 0 Å². The zero-order valence-electron chi connectivity index (χ0n) is 10.5. The molecule has 0 heterocycles. The smallest absolute Gasteiger partial charge is 0.330 e. The second-order valence-corrected chi connectivity index (χ2v) is 4.05. The highest BCUT2D eigenvalue weighted by atomic mass is 32.1. The van der Waals surface area contributed by atoms with Crippen molar-refractivity contribution in [3.8, 4) is 0 Å². The van der Waals surface area contributed by atoms with E-state index in [0.29, 0.717) is 4.90 Å². The molecule has 0 rings (SSSR count). The van der Waals surface area contributed by atoms with Crippen molar-refractivity contribution in [3.05, 3.63) is 0 Å². The average molecular weight is 292 g/mol. The standard InChI is InChI=1S/C10H16N2O6S/c1-5(13)12(6(2)14)8(9(15)16)3-18-10(17)7(11)4-19/h7-8,19H,3-4,11H2,1-2H3,(H,15,16)/t7-,8-/m0/s1. The van der Waals surface area contributed by atoms with Crippen molar-refractivity contribution < 1.29 is 29.0 Å². The highest BCUT2D eigenvalue weighted by Gasteiger charge is 2.32. The molecular formula is C10H16N2O6S. The maximum Gasteiger partial charge on any atom is 0.330 e. The van der Waals surface area contributed by atoms with Gasteiger partial charge in [0.25, 0.3) is 0 Å². The summed E-state index contributed by atoms with van der Waals surface area (Å²) in [6.07, 6.45) is 0.